The summed E-state index contributed by atoms with van der Waals surface area (Å²) in [5.74, 6) is 0. The molecular weight excluding hydrogens is 210 g/mol. The highest BCUT2D eigenvalue weighted by molar-refractivity contribution is 7.99. The van der Waals surface area contributed by atoms with E-state index in [-0.39, 0.29) is 0 Å². The van der Waals surface area contributed by atoms with Crippen LogP contribution in [-0.4, -0.2) is 21.2 Å². The summed E-state index contributed by atoms with van der Waals surface area (Å²) in [4.78, 5) is 22.4. The number of carbonyl (C=O) groups is 1. The van der Waals surface area contributed by atoms with Crippen LogP contribution < -0.4 is 0 Å². The summed E-state index contributed by atoms with van der Waals surface area (Å²) < 4.78 is 0. The summed E-state index contributed by atoms with van der Waals surface area (Å²) in [5.41, 5.74) is 0.571. The molecule has 0 bridgehead atoms. The molecule has 15 heavy (non-hydrogen) atoms. The lowest BCUT2D eigenvalue weighted by Gasteiger charge is -1.98. The molecule has 0 atom stereocenters. The molecule has 2 aromatic rings. The lowest BCUT2D eigenvalue weighted by atomic mass is 10.3. The predicted octanol–water partition coefficient (Wildman–Crippen LogP) is 1.84. The van der Waals surface area contributed by atoms with Gasteiger partial charge in [-0.1, -0.05) is 0 Å². The summed E-state index contributed by atoms with van der Waals surface area (Å²) in [6, 6.07) is 5.32. The zero-order valence-electron chi connectivity index (χ0n) is 7.70. The van der Waals surface area contributed by atoms with Gasteiger partial charge in [0.1, 0.15) is 16.4 Å². The molecule has 4 nitrogen and oxygen atoms in total. The van der Waals surface area contributed by atoms with Crippen molar-refractivity contribution in [3.63, 3.8) is 0 Å². The number of pyridine rings is 1. The van der Waals surface area contributed by atoms with Crippen molar-refractivity contribution in [3.8, 4) is 0 Å². The smallest absolute Gasteiger partial charge is 0.151 e. The molecule has 2 heterocycles. The Kier molecular flexibility index (Phi) is 3.04. The van der Waals surface area contributed by atoms with E-state index in [0.29, 0.717) is 5.56 Å². The molecule has 0 aromatic carbocycles. The molecule has 0 spiro atoms. The molecule has 2 aromatic heterocycles. The Labute approximate surface area is 90.8 Å². The number of rotatable bonds is 3. The molecule has 0 saturated heterocycles. The molecule has 0 aliphatic rings. The van der Waals surface area contributed by atoms with Gasteiger partial charge in [0, 0.05) is 18.0 Å². The molecule has 5 heteroatoms. The van der Waals surface area contributed by atoms with E-state index >= 15 is 0 Å². The van der Waals surface area contributed by atoms with Crippen molar-refractivity contribution >= 4 is 18.0 Å². The van der Waals surface area contributed by atoms with Crippen LogP contribution in [0, 0.1) is 0 Å². The van der Waals surface area contributed by atoms with Crippen molar-refractivity contribution in [2.75, 3.05) is 0 Å². The molecule has 0 saturated carbocycles. The topological polar surface area (TPSA) is 55.7 Å². The zero-order valence-corrected chi connectivity index (χ0v) is 8.52. The van der Waals surface area contributed by atoms with Crippen LogP contribution >= 0.6 is 11.8 Å². The summed E-state index contributed by atoms with van der Waals surface area (Å²) in [6.45, 7) is 0. The van der Waals surface area contributed by atoms with Crippen LogP contribution in [0.25, 0.3) is 0 Å². The van der Waals surface area contributed by atoms with Crippen LogP contribution in [0.3, 0.4) is 0 Å². The highest BCUT2D eigenvalue weighted by Gasteiger charge is 1.99. The number of aldehydes is 1. The third-order valence-electron chi connectivity index (χ3n) is 1.66. The average Bonchev–Trinajstić information content (AvgIpc) is 2.31. The Balaban J connectivity index is 2.15. The largest absolute Gasteiger partial charge is 0.298 e. The Morgan fingerprint density at radius 2 is 2.00 bits per heavy atom. The lowest BCUT2D eigenvalue weighted by Crippen LogP contribution is -1.85. The Morgan fingerprint density at radius 3 is 2.60 bits per heavy atom. The van der Waals surface area contributed by atoms with Crippen LogP contribution in [0.5, 0.6) is 0 Å². The molecule has 0 unspecified atom stereocenters. The van der Waals surface area contributed by atoms with Crippen molar-refractivity contribution in [1.82, 2.24) is 15.0 Å². The van der Waals surface area contributed by atoms with Crippen molar-refractivity contribution in [3.05, 3.63) is 42.5 Å². The molecular formula is C10H7N3OS. The summed E-state index contributed by atoms with van der Waals surface area (Å²) >= 11 is 1.43. The highest BCUT2D eigenvalue weighted by Crippen LogP contribution is 2.22. The second-order valence-electron chi connectivity index (χ2n) is 2.70. The molecule has 2 rings (SSSR count). The van der Waals surface area contributed by atoms with Gasteiger partial charge >= 0.3 is 0 Å². The van der Waals surface area contributed by atoms with Gasteiger partial charge in [0.15, 0.2) is 6.29 Å². The Hall–Kier alpha value is -1.75. The van der Waals surface area contributed by atoms with Gasteiger partial charge in [0.2, 0.25) is 0 Å². The van der Waals surface area contributed by atoms with Crippen LogP contribution in [0.4, 0.5) is 0 Å². The third kappa shape index (κ3) is 2.60. The molecule has 0 aliphatic heterocycles. The molecule has 0 fully saturated rings. The number of nitrogens with zero attached hydrogens (tertiary/aromatic N) is 3. The molecule has 0 radical (unpaired) electrons. The lowest BCUT2D eigenvalue weighted by molar-refractivity contribution is 0.112. The normalized spacial score (nSPS) is 9.87. The van der Waals surface area contributed by atoms with E-state index in [2.05, 4.69) is 15.0 Å². The average molecular weight is 217 g/mol. The van der Waals surface area contributed by atoms with Crippen LogP contribution in [0.2, 0.25) is 0 Å². The van der Waals surface area contributed by atoms with E-state index in [1.807, 2.05) is 0 Å². The van der Waals surface area contributed by atoms with E-state index in [0.717, 1.165) is 16.3 Å². The van der Waals surface area contributed by atoms with Crippen LogP contribution in [-0.2, 0) is 0 Å². The third-order valence-corrected chi connectivity index (χ3v) is 2.56. The van der Waals surface area contributed by atoms with Gasteiger partial charge in [0.25, 0.3) is 0 Å². The van der Waals surface area contributed by atoms with Crippen LogP contribution in [0.15, 0.2) is 47.0 Å². The van der Waals surface area contributed by atoms with Gasteiger partial charge in [-0.05, 0) is 30.0 Å². The van der Waals surface area contributed by atoms with E-state index in [9.17, 15) is 4.79 Å². The quantitative estimate of drug-likeness (QED) is 0.580. The van der Waals surface area contributed by atoms with E-state index in [4.69, 9.17) is 0 Å². The van der Waals surface area contributed by atoms with E-state index in [1.54, 1.807) is 24.4 Å². The monoisotopic (exact) mass is 217 g/mol. The highest BCUT2D eigenvalue weighted by atomic mass is 32.2. The zero-order chi connectivity index (χ0) is 10.5. The first-order chi connectivity index (χ1) is 7.38. The van der Waals surface area contributed by atoms with Crippen LogP contribution in [0.1, 0.15) is 10.4 Å². The van der Waals surface area contributed by atoms with E-state index in [1.165, 1.54) is 24.3 Å². The van der Waals surface area contributed by atoms with Gasteiger partial charge in [-0.25, -0.2) is 15.0 Å². The summed E-state index contributed by atoms with van der Waals surface area (Å²) in [7, 11) is 0. The standard InChI is InChI=1S/C10H7N3OS/c14-6-8-1-2-9(12-5-8)15-10-3-4-11-7-13-10/h1-7H. The van der Waals surface area contributed by atoms with Crippen molar-refractivity contribution < 1.29 is 4.79 Å². The first-order valence-electron chi connectivity index (χ1n) is 4.23. The number of hydrogen-bond acceptors (Lipinski definition) is 5. The predicted molar refractivity (Wildman–Crippen MR) is 55.8 cm³/mol. The SMILES string of the molecule is O=Cc1ccc(Sc2ccncn2)nc1. The fraction of sp³-hybridized carbons (Fsp3) is 0. The summed E-state index contributed by atoms with van der Waals surface area (Å²) in [6.07, 6.45) is 5.47. The minimum atomic E-state index is 0.571. The van der Waals surface area contributed by atoms with Gasteiger partial charge in [-0.15, -0.1) is 0 Å². The minimum absolute atomic E-state index is 0.571. The number of aromatic nitrogens is 3. The van der Waals surface area contributed by atoms with Gasteiger partial charge in [-0.3, -0.25) is 4.79 Å². The van der Waals surface area contributed by atoms with Crippen molar-refractivity contribution in [1.29, 1.82) is 0 Å². The molecule has 0 aliphatic carbocycles. The maximum absolute atomic E-state index is 10.4. The molecule has 0 amide bonds. The minimum Gasteiger partial charge on any atom is -0.298 e. The maximum atomic E-state index is 10.4. The first-order valence-corrected chi connectivity index (χ1v) is 5.05. The Bertz CT molecular complexity index is 444. The van der Waals surface area contributed by atoms with Gasteiger partial charge < -0.3 is 0 Å². The number of carbonyl (C=O) groups excluding carboxylic acids is 1. The van der Waals surface area contributed by atoms with E-state index < -0.39 is 0 Å². The van der Waals surface area contributed by atoms with Gasteiger partial charge in [-0.2, -0.15) is 0 Å². The number of hydrogen-bond donors (Lipinski definition) is 0. The second-order valence-corrected chi connectivity index (χ2v) is 3.74. The maximum Gasteiger partial charge on any atom is 0.151 e. The van der Waals surface area contributed by atoms with Gasteiger partial charge in [0.05, 0.1) is 0 Å². The van der Waals surface area contributed by atoms with Crippen molar-refractivity contribution in [2.45, 2.75) is 10.1 Å². The fourth-order valence-electron chi connectivity index (χ4n) is 0.968. The molecule has 74 valence electrons. The second kappa shape index (κ2) is 4.65. The Morgan fingerprint density at radius 1 is 1.13 bits per heavy atom. The first kappa shape index (κ1) is 9.79. The van der Waals surface area contributed by atoms with Crippen molar-refractivity contribution in [2.24, 2.45) is 0 Å². The summed E-state index contributed by atoms with van der Waals surface area (Å²) in [5, 5.41) is 1.63. The molecule has 0 N–H and O–H groups in total. The fourth-order valence-corrected chi connectivity index (χ4v) is 1.65.